The number of hydrogen-bond acceptors (Lipinski definition) is 29. The highest BCUT2D eigenvalue weighted by Gasteiger charge is 2.43. The molecular weight excluding hydrogens is 1840 g/mol. The van der Waals surface area contributed by atoms with Crippen LogP contribution in [0.1, 0.15) is 296 Å². The van der Waals surface area contributed by atoms with Crippen LogP contribution in [0.5, 0.6) is 0 Å². The molecule has 137 heavy (non-hydrogen) atoms. The number of hydrogen-bond donors (Lipinski definition) is 8. The van der Waals surface area contributed by atoms with E-state index in [0.29, 0.717) is 106 Å². The molecule has 17 rings (SSSR count). The van der Waals surface area contributed by atoms with Crippen LogP contribution in [0.15, 0.2) is 49.1 Å². The molecule has 8 aromatic heterocycles. The number of sulfonamides is 1. The number of rotatable bonds is 26. The van der Waals surface area contributed by atoms with Crippen molar-refractivity contribution in [2.24, 2.45) is 0 Å². The molecule has 0 radical (unpaired) electrons. The highest BCUT2D eigenvalue weighted by Crippen LogP contribution is 2.42. The lowest BCUT2D eigenvalue weighted by Crippen LogP contribution is -2.60. The minimum Gasteiger partial charge on any atom is -0.391 e. The van der Waals surface area contributed by atoms with Gasteiger partial charge < -0.3 is 76.3 Å². The van der Waals surface area contributed by atoms with Gasteiger partial charge in [0.25, 0.3) is 47.3 Å². The van der Waals surface area contributed by atoms with E-state index in [0.717, 1.165) is 182 Å². The lowest BCUT2D eigenvalue weighted by molar-refractivity contribution is -0.0303. The van der Waals surface area contributed by atoms with E-state index < -0.39 is 22.0 Å². The number of amides is 8. The van der Waals surface area contributed by atoms with Crippen molar-refractivity contribution in [3.8, 4) is 41.8 Å². The molecule has 9 fully saturated rings. The SMILES string of the molecule is CC[C@@H](C)Nc1cc(C)c(-c2sc(C(=O)N3CC4CCC(C3)O4)nc2C(=O)N2CCC[C@@H]2C)cn1.CC[C@@H](C)Nc1cc(C)c(-c2sc(C(=O)NC3CN(S(C)(=O)=O)C3)nc2C(=O)N2CCC[C@@H]2C)cn1.CC[C@@H](C)Nc1cc(C)c(-c2sc(C(=O)N[C@H]3CC[C@@H]3O)nc2C(=O)N2CCC[C@@H]2C)cn1.Cc1cc(NC(C)(C)C)ncc1-c1sc(C(=O)N[C@@H]2CCOC2)nc1C(=O)N1CCC[C@@H]1C. The number of nitrogens with one attached hydrogen (secondary N) is 7. The molecule has 8 N–H and O–H groups in total. The van der Waals surface area contributed by atoms with Crippen molar-refractivity contribution >= 4 is 126 Å². The summed E-state index contributed by atoms with van der Waals surface area (Å²) in [6.07, 6.45) is 22.8. The van der Waals surface area contributed by atoms with E-state index in [9.17, 15) is 51.9 Å². The molecule has 8 aromatic rings. The molecule has 8 aliphatic heterocycles. The first-order valence-corrected chi connectivity index (χ1v) is 53.6. The fourth-order valence-corrected chi connectivity index (χ4v) is 23.2. The maximum Gasteiger partial charge on any atom is 0.283 e. The van der Waals surface area contributed by atoms with Gasteiger partial charge in [0.15, 0.2) is 20.0 Å². The first-order valence-electron chi connectivity index (χ1n) is 48.5. The number of anilines is 4. The molecule has 1 saturated carbocycles. The Balaban J connectivity index is 0.000000146. The first-order chi connectivity index (χ1) is 65.2. The third-order valence-electron chi connectivity index (χ3n) is 27.1. The lowest BCUT2D eigenvalue weighted by atomic mass is 9.89. The van der Waals surface area contributed by atoms with E-state index in [1.165, 1.54) is 49.7 Å². The Morgan fingerprint density at radius 1 is 0.453 bits per heavy atom. The highest BCUT2D eigenvalue weighted by atomic mass is 32.2. The van der Waals surface area contributed by atoms with Gasteiger partial charge >= 0.3 is 0 Å². The highest BCUT2D eigenvalue weighted by molar-refractivity contribution is 7.88. The lowest BCUT2D eigenvalue weighted by Gasteiger charge is -2.37. The van der Waals surface area contributed by atoms with E-state index in [1.54, 1.807) is 24.8 Å². The average Bonchev–Trinajstić information content (AvgIpc) is 1.59. The number of carbonyl (C=O) groups is 8. The summed E-state index contributed by atoms with van der Waals surface area (Å²) in [6.45, 7) is 40.6. The smallest absolute Gasteiger partial charge is 0.283 e. The van der Waals surface area contributed by atoms with Gasteiger partial charge in [-0.15, -0.1) is 45.3 Å². The van der Waals surface area contributed by atoms with Crippen LogP contribution in [0.2, 0.25) is 0 Å². The zero-order chi connectivity index (χ0) is 98.3. The van der Waals surface area contributed by atoms with E-state index in [2.05, 4.69) is 153 Å². The maximum atomic E-state index is 13.6. The Morgan fingerprint density at radius 3 is 1.09 bits per heavy atom. The number of carbonyl (C=O) groups excluding carboxylic acids is 8. The summed E-state index contributed by atoms with van der Waals surface area (Å²) in [7, 11) is -3.28. The molecule has 12 atom stereocenters. The molecule has 2 bridgehead atoms. The quantitative estimate of drug-likeness (QED) is 0.0250. The Labute approximate surface area is 820 Å². The van der Waals surface area contributed by atoms with Gasteiger partial charge in [-0.05, 0) is 246 Å². The number of pyridine rings is 4. The zero-order valence-electron chi connectivity index (χ0n) is 82.2. The maximum absolute atomic E-state index is 13.6. The van der Waals surface area contributed by atoms with Gasteiger partial charge in [-0.1, -0.05) is 20.8 Å². The standard InChI is InChI=1S/C26H35N5O3S.C24H34N6O4S2.2C24H33N5O3S/c1-5-16(3)28-21-11-15(2)20(12-27-21)23-22(25(32)31-10-6-7-17(31)4)29-24(35-23)26(33)30-13-18-8-9-19(14-30)34-18;1-6-15(3)26-19-10-14(2)18(11-25-19)21-20(24(32)30-9-7-8-16(30)4)28-23(35-21)22(31)27-17-12-29(13-17)36(5,33)34;1-14-11-18(28-24(3,4)5)25-12-17(14)20-19(23(31)29-9-6-7-15(29)2)27-22(33-20)21(30)26-16-8-10-32-13-16;1-5-14(3)26-19-11-13(2)16(12-25-19)21-20(24(32)29-10-6-7-15(29)4)28-23(33-21)22(31)27-17-8-9-18(17)30/h11-12,16-19H,5-10,13-14H2,1-4H3,(H,27,28);10-11,15-17H,6-9,12-13H2,1-5H3,(H,25,26)(H,27,31);11-12,15-16H,6-10,13H2,1-5H3,(H,25,28)(H,26,30);11-12,14-15,17-18,30H,5-10H2,1-4H3,(H,25,26)(H,27,31)/t16-,17+,18?,19?;2*15-,16+;14-,15+,17+,18+/m1101/s1. The van der Waals surface area contributed by atoms with Gasteiger partial charge in [-0.3, -0.25) is 38.4 Å². The van der Waals surface area contributed by atoms with Gasteiger partial charge in [0.2, 0.25) is 10.0 Å². The van der Waals surface area contributed by atoms with Crippen molar-refractivity contribution in [3.63, 3.8) is 0 Å². The largest absolute Gasteiger partial charge is 0.391 e. The number of ether oxygens (including phenoxy) is 2. The van der Waals surface area contributed by atoms with Gasteiger partial charge in [0.05, 0.1) is 68.8 Å². The van der Waals surface area contributed by atoms with Gasteiger partial charge in [-0.2, -0.15) is 4.31 Å². The topological polar surface area (TPSA) is 416 Å². The minimum atomic E-state index is -3.28. The first kappa shape index (κ1) is 103. The van der Waals surface area contributed by atoms with Gasteiger partial charge in [0.1, 0.15) is 46.0 Å². The number of nitrogens with zero attached hydrogens (tertiary/aromatic N) is 14. The number of thiazole rings is 4. The van der Waals surface area contributed by atoms with Crippen molar-refractivity contribution in [1.82, 2.24) is 84.6 Å². The van der Waals surface area contributed by atoms with Crippen LogP contribution in [0, 0.1) is 27.7 Å². The molecule has 16 heterocycles. The summed E-state index contributed by atoms with van der Waals surface area (Å²) < 4.78 is 35.8. The molecule has 0 spiro atoms. The Bertz CT molecular complexity index is 5830. The predicted molar refractivity (Wildman–Crippen MR) is 537 cm³/mol. The van der Waals surface area contributed by atoms with Crippen molar-refractivity contribution in [3.05, 3.63) is 114 Å². The third-order valence-corrected chi connectivity index (χ3v) is 32.7. The predicted octanol–water partition coefficient (Wildman–Crippen LogP) is 14.5. The Hall–Kier alpha value is -10.1. The molecule has 39 heteroatoms. The zero-order valence-corrected chi connectivity index (χ0v) is 86.2. The van der Waals surface area contributed by atoms with Gasteiger partial charge in [0, 0.05) is 154 Å². The number of likely N-dealkylation sites (tertiary alicyclic amines) is 5. The molecule has 740 valence electrons. The normalized spacial score (nSPS) is 22.1. The number of aliphatic hydroxyl groups excluding tert-OH is 1. The van der Waals surface area contributed by atoms with E-state index in [-0.39, 0.29) is 136 Å². The Morgan fingerprint density at radius 2 is 0.788 bits per heavy atom. The summed E-state index contributed by atoms with van der Waals surface area (Å²) in [5.41, 5.74) is 8.27. The van der Waals surface area contributed by atoms with Crippen LogP contribution in [0.25, 0.3) is 41.8 Å². The van der Waals surface area contributed by atoms with Crippen LogP contribution < -0.4 is 37.2 Å². The molecule has 34 nitrogen and oxygen atoms in total. The van der Waals surface area contributed by atoms with Crippen molar-refractivity contribution < 1.29 is 61.4 Å². The second-order valence-corrected chi connectivity index (χ2v) is 45.2. The molecule has 9 aliphatic rings. The molecular formula is C98H135N21O13S5. The summed E-state index contributed by atoms with van der Waals surface area (Å²) in [6, 6.07) is 8.84. The molecule has 2 unspecified atom stereocenters. The second-order valence-electron chi connectivity index (χ2n) is 39.2. The van der Waals surface area contributed by atoms with Crippen LogP contribution in [0.3, 0.4) is 0 Å². The number of morpholine rings is 1. The average molecular weight is 1980 g/mol. The van der Waals surface area contributed by atoms with E-state index in [1.807, 2.05) is 90.3 Å². The summed E-state index contributed by atoms with van der Waals surface area (Å²) >= 11 is 4.95. The number of aromatic nitrogens is 8. The second kappa shape index (κ2) is 44.6. The fourth-order valence-electron chi connectivity index (χ4n) is 18.1. The van der Waals surface area contributed by atoms with Crippen LogP contribution in [-0.2, 0) is 19.5 Å². The monoisotopic (exact) mass is 1970 g/mol. The Kier molecular flexibility index (Phi) is 33.4. The summed E-state index contributed by atoms with van der Waals surface area (Å²) in [5.74, 6) is 1.46. The number of aryl methyl sites for hydroxylation is 4. The number of aliphatic hydroxyl groups is 1. The molecule has 8 saturated heterocycles. The summed E-state index contributed by atoms with van der Waals surface area (Å²) in [4.78, 5) is 155. The van der Waals surface area contributed by atoms with Crippen molar-refractivity contribution in [2.75, 3.05) is 93.1 Å². The van der Waals surface area contributed by atoms with Crippen LogP contribution >= 0.6 is 45.3 Å². The summed E-state index contributed by atoms with van der Waals surface area (Å²) in [5, 5.41) is 33.1. The van der Waals surface area contributed by atoms with E-state index >= 15 is 0 Å². The van der Waals surface area contributed by atoms with Crippen molar-refractivity contribution in [1.29, 1.82) is 0 Å². The fraction of sp³-hybridized carbons (Fsp3) is 0.592. The molecule has 8 amide bonds. The number of fused-ring (bicyclic) bond motifs is 2. The van der Waals surface area contributed by atoms with Gasteiger partial charge in [-0.25, -0.2) is 48.3 Å². The molecule has 0 aromatic carbocycles. The minimum absolute atomic E-state index is 0.0197. The van der Waals surface area contributed by atoms with Crippen LogP contribution in [-0.4, -0.2) is 286 Å². The third kappa shape index (κ3) is 24.7. The van der Waals surface area contributed by atoms with Crippen molar-refractivity contribution in [2.45, 2.75) is 305 Å². The molecule has 1 aliphatic carbocycles. The van der Waals surface area contributed by atoms with Crippen LogP contribution in [0.4, 0.5) is 23.3 Å². The van der Waals surface area contributed by atoms with E-state index in [4.69, 9.17) is 9.47 Å².